The molecule has 0 saturated carbocycles. The Bertz CT molecular complexity index is 1900. The van der Waals surface area contributed by atoms with E-state index in [0.717, 1.165) is 39.2 Å². The fourth-order valence-electron chi connectivity index (χ4n) is 5.18. The van der Waals surface area contributed by atoms with Crippen LogP contribution in [0.2, 0.25) is 0 Å². The Hall–Kier alpha value is -4.24. The third-order valence-corrected chi connectivity index (χ3v) is 6.91. The van der Waals surface area contributed by atoms with E-state index >= 15 is 0 Å². The van der Waals surface area contributed by atoms with Gasteiger partial charge in [-0.1, -0.05) is 93.6 Å². The maximum absolute atomic E-state index is 6.35. The van der Waals surface area contributed by atoms with Gasteiger partial charge < -0.3 is 4.42 Å². The average Bonchev–Trinajstić information content (AvgIpc) is 3.26. The van der Waals surface area contributed by atoms with E-state index in [4.69, 9.17) is 14.4 Å². The zero-order chi connectivity index (χ0) is 23.7. The summed E-state index contributed by atoms with van der Waals surface area (Å²) in [6, 6.07) is 32.1. The number of hydrogen-bond acceptors (Lipinski definition) is 3. The lowest BCUT2D eigenvalue weighted by atomic mass is 9.92. The minimum absolute atomic E-state index is 0.193. The number of furan rings is 1. The molecular formula is C32H24N2O. The van der Waals surface area contributed by atoms with Gasteiger partial charge in [-0.25, -0.2) is 9.97 Å². The molecule has 168 valence electrons. The summed E-state index contributed by atoms with van der Waals surface area (Å²) in [7, 11) is 0. The van der Waals surface area contributed by atoms with Crippen molar-refractivity contribution in [2.24, 2.45) is 0 Å². The first kappa shape index (κ1) is 20.2. The topological polar surface area (TPSA) is 38.9 Å². The van der Waals surface area contributed by atoms with Gasteiger partial charge >= 0.3 is 0 Å². The minimum Gasteiger partial charge on any atom is -0.452 e. The molecule has 0 atom stereocenters. The van der Waals surface area contributed by atoms with Gasteiger partial charge in [-0.05, 0) is 50.5 Å². The number of benzene rings is 5. The fraction of sp³-hybridized carbons (Fsp3) is 0.125. The molecule has 3 nitrogen and oxygen atoms in total. The van der Waals surface area contributed by atoms with Crippen LogP contribution in [0.15, 0.2) is 95.4 Å². The summed E-state index contributed by atoms with van der Waals surface area (Å²) in [6.45, 7) is 6.46. The van der Waals surface area contributed by atoms with E-state index in [1.807, 2.05) is 18.2 Å². The van der Waals surface area contributed by atoms with Crippen molar-refractivity contribution in [2.75, 3.05) is 0 Å². The molecule has 0 unspecified atom stereocenters. The van der Waals surface area contributed by atoms with E-state index in [2.05, 4.69) is 93.6 Å². The van der Waals surface area contributed by atoms with Crippen LogP contribution in [0.3, 0.4) is 0 Å². The van der Waals surface area contributed by atoms with E-state index in [9.17, 15) is 0 Å². The number of aromatic nitrogens is 2. The molecule has 7 rings (SSSR count). The third-order valence-electron chi connectivity index (χ3n) is 6.91. The van der Waals surface area contributed by atoms with Gasteiger partial charge in [-0.2, -0.15) is 0 Å². The van der Waals surface area contributed by atoms with E-state index in [1.165, 1.54) is 32.3 Å². The molecule has 0 aliphatic carbocycles. The molecule has 0 amide bonds. The number of fused-ring (bicyclic) bond motifs is 9. The lowest BCUT2D eigenvalue weighted by molar-refractivity contribution is 0.547. The first-order valence-electron chi connectivity index (χ1n) is 12.0. The Morgan fingerprint density at radius 1 is 0.571 bits per heavy atom. The average molecular weight is 453 g/mol. The van der Waals surface area contributed by atoms with Crippen molar-refractivity contribution in [3.8, 4) is 11.3 Å². The Labute approximate surface area is 203 Å². The minimum atomic E-state index is -0.193. The molecule has 0 radical (unpaired) electrons. The van der Waals surface area contributed by atoms with Crippen LogP contribution in [0.25, 0.3) is 65.6 Å². The zero-order valence-corrected chi connectivity index (χ0v) is 20.0. The van der Waals surface area contributed by atoms with Gasteiger partial charge in [0, 0.05) is 16.4 Å². The van der Waals surface area contributed by atoms with Crippen molar-refractivity contribution >= 4 is 54.4 Å². The molecule has 0 aliphatic heterocycles. The molecule has 2 aromatic heterocycles. The van der Waals surface area contributed by atoms with Crippen molar-refractivity contribution < 1.29 is 4.42 Å². The lowest BCUT2D eigenvalue weighted by Gasteiger charge is -2.18. The molecule has 0 saturated heterocycles. The molecule has 0 bridgehead atoms. The molecule has 3 heteroatoms. The molecule has 2 heterocycles. The predicted molar refractivity (Wildman–Crippen MR) is 146 cm³/mol. The Morgan fingerprint density at radius 3 is 1.74 bits per heavy atom. The summed E-state index contributed by atoms with van der Waals surface area (Å²) in [5, 5.41) is 8.54. The number of hydrogen-bond donors (Lipinski definition) is 0. The first-order chi connectivity index (χ1) is 17.0. The summed E-state index contributed by atoms with van der Waals surface area (Å²) in [5.74, 6) is 0.815. The van der Waals surface area contributed by atoms with Crippen LogP contribution in [-0.4, -0.2) is 9.97 Å². The molecular weight excluding hydrogens is 428 g/mol. The first-order valence-corrected chi connectivity index (χ1v) is 12.0. The predicted octanol–water partition coefficient (Wildman–Crippen LogP) is 8.80. The molecule has 0 aliphatic rings. The second-order valence-corrected chi connectivity index (χ2v) is 10.3. The van der Waals surface area contributed by atoms with Gasteiger partial charge in [-0.15, -0.1) is 0 Å². The highest BCUT2D eigenvalue weighted by Gasteiger charge is 2.24. The maximum atomic E-state index is 6.35. The molecule has 35 heavy (non-hydrogen) atoms. The van der Waals surface area contributed by atoms with Crippen molar-refractivity contribution in [1.29, 1.82) is 0 Å². The lowest BCUT2D eigenvalue weighted by Crippen LogP contribution is -2.16. The Morgan fingerprint density at radius 2 is 1.11 bits per heavy atom. The van der Waals surface area contributed by atoms with Crippen LogP contribution < -0.4 is 0 Å². The molecule has 0 N–H and O–H groups in total. The molecule has 5 aromatic carbocycles. The summed E-state index contributed by atoms with van der Waals surface area (Å²) in [4.78, 5) is 10.1. The standard InChI is InChI=1S/C32H24N2O/c1-32(2,3)31-33-28(30-29(34-31)25-14-8-9-15-27(25)35-30)19-16-17-24-22-12-5-4-10-20(22)21-11-6-7-13-23(21)26(24)18-19/h4-18H,1-3H3. The SMILES string of the molecule is CC(C)(C)c1nc(-c2ccc3c4ccccc4c4ccccc4c3c2)c2oc3ccccc3c2n1. The van der Waals surface area contributed by atoms with Crippen molar-refractivity contribution in [1.82, 2.24) is 9.97 Å². The quantitative estimate of drug-likeness (QED) is 0.234. The van der Waals surface area contributed by atoms with Crippen molar-refractivity contribution in [2.45, 2.75) is 26.2 Å². The number of nitrogens with zero attached hydrogens (tertiary/aromatic N) is 2. The second-order valence-electron chi connectivity index (χ2n) is 10.3. The van der Waals surface area contributed by atoms with Crippen LogP contribution in [-0.2, 0) is 5.41 Å². The van der Waals surface area contributed by atoms with E-state index in [1.54, 1.807) is 0 Å². The summed E-state index contributed by atoms with van der Waals surface area (Å²) in [6.07, 6.45) is 0. The van der Waals surface area contributed by atoms with Crippen LogP contribution in [0, 0.1) is 0 Å². The van der Waals surface area contributed by atoms with E-state index < -0.39 is 0 Å². The van der Waals surface area contributed by atoms with Crippen LogP contribution in [0.1, 0.15) is 26.6 Å². The number of rotatable bonds is 1. The summed E-state index contributed by atoms with van der Waals surface area (Å²) in [5.41, 5.74) is 4.13. The van der Waals surface area contributed by atoms with Gasteiger partial charge in [0.2, 0.25) is 0 Å². The fourth-order valence-corrected chi connectivity index (χ4v) is 5.18. The highest BCUT2D eigenvalue weighted by atomic mass is 16.3. The highest BCUT2D eigenvalue weighted by molar-refractivity contribution is 6.25. The summed E-state index contributed by atoms with van der Waals surface area (Å²) >= 11 is 0. The van der Waals surface area contributed by atoms with E-state index in [-0.39, 0.29) is 5.41 Å². The molecule has 7 aromatic rings. The van der Waals surface area contributed by atoms with Gasteiger partial charge in [0.25, 0.3) is 0 Å². The van der Waals surface area contributed by atoms with Gasteiger partial charge in [0.05, 0.1) is 0 Å². The van der Waals surface area contributed by atoms with Gasteiger partial charge in [0.15, 0.2) is 5.58 Å². The van der Waals surface area contributed by atoms with Gasteiger partial charge in [0.1, 0.15) is 22.6 Å². The second kappa shape index (κ2) is 7.13. The smallest absolute Gasteiger partial charge is 0.180 e. The molecule has 0 fully saturated rings. The summed E-state index contributed by atoms with van der Waals surface area (Å²) < 4.78 is 6.35. The third kappa shape index (κ3) is 2.98. The van der Waals surface area contributed by atoms with Crippen LogP contribution in [0.4, 0.5) is 0 Å². The number of para-hydroxylation sites is 1. The maximum Gasteiger partial charge on any atom is 0.180 e. The normalized spacial score (nSPS) is 12.4. The van der Waals surface area contributed by atoms with Crippen LogP contribution >= 0.6 is 0 Å². The van der Waals surface area contributed by atoms with Crippen molar-refractivity contribution in [3.05, 3.63) is 96.8 Å². The Balaban J connectivity index is 1.61. The van der Waals surface area contributed by atoms with Crippen molar-refractivity contribution in [3.63, 3.8) is 0 Å². The Kier molecular flexibility index (Phi) is 4.11. The van der Waals surface area contributed by atoms with E-state index in [0.29, 0.717) is 0 Å². The zero-order valence-electron chi connectivity index (χ0n) is 20.0. The van der Waals surface area contributed by atoms with Crippen LogP contribution in [0.5, 0.6) is 0 Å². The van der Waals surface area contributed by atoms with Gasteiger partial charge in [-0.3, -0.25) is 0 Å². The highest BCUT2D eigenvalue weighted by Crippen LogP contribution is 2.40. The molecule has 0 spiro atoms. The monoisotopic (exact) mass is 452 g/mol. The largest absolute Gasteiger partial charge is 0.452 e.